The number of hydrogen-bond donors (Lipinski definition) is 1. The summed E-state index contributed by atoms with van der Waals surface area (Å²) in [6.45, 7) is 1.61. The van der Waals surface area contributed by atoms with E-state index in [1.54, 1.807) is 0 Å². The summed E-state index contributed by atoms with van der Waals surface area (Å²) in [5.74, 6) is -0.807. The highest BCUT2D eigenvalue weighted by atomic mass is 127. The predicted molar refractivity (Wildman–Crippen MR) is 126 cm³/mol. The lowest BCUT2D eigenvalue weighted by Crippen LogP contribution is -2.22. The number of aryl methyl sites for hydroxylation is 2. The molecule has 0 atom stereocenters. The molecule has 0 saturated heterocycles. The van der Waals surface area contributed by atoms with Crippen molar-refractivity contribution in [3.63, 3.8) is 0 Å². The molecule has 1 aliphatic rings. The number of para-hydroxylation sites is 1. The Morgan fingerprint density at radius 3 is 2.73 bits per heavy atom. The van der Waals surface area contributed by atoms with Gasteiger partial charge in [-0.3, -0.25) is 9.78 Å². The fraction of sp³-hybridized carbons (Fsp3) is 0.292. The summed E-state index contributed by atoms with van der Waals surface area (Å²) in [4.78, 5) is 30.3. The van der Waals surface area contributed by atoms with Crippen LogP contribution in [0.4, 0.5) is 5.69 Å². The maximum absolute atomic E-state index is 13.1. The molecule has 30 heavy (non-hydrogen) atoms. The van der Waals surface area contributed by atoms with Gasteiger partial charge in [0.05, 0.1) is 11.1 Å². The Morgan fingerprint density at radius 1 is 1.10 bits per heavy atom. The van der Waals surface area contributed by atoms with Crippen molar-refractivity contribution >= 4 is 51.1 Å². The number of fused-ring (bicyclic) bond motifs is 2. The van der Waals surface area contributed by atoms with Gasteiger partial charge >= 0.3 is 5.97 Å². The van der Waals surface area contributed by atoms with Gasteiger partial charge in [0.15, 0.2) is 6.61 Å². The van der Waals surface area contributed by atoms with E-state index in [0.717, 1.165) is 69.1 Å². The van der Waals surface area contributed by atoms with Crippen molar-refractivity contribution < 1.29 is 14.3 Å². The molecule has 0 unspecified atom stereocenters. The normalized spacial score (nSPS) is 13.4. The van der Waals surface area contributed by atoms with E-state index in [2.05, 4.69) is 27.9 Å². The number of halogens is 1. The molecule has 6 heteroatoms. The van der Waals surface area contributed by atoms with Crippen molar-refractivity contribution in [1.29, 1.82) is 0 Å². The summed E-state index contributed by atoms with van der Waals surface area (Å²) in [7, 11) is 0. The number of rotatable bonds is 4. The van der Waals surface area contributed by atoms with E-state index in [1.807, 2.05) is 49.4 Å². The van der Waals surface area contributed by atoms with E-state index < -0.39 is 5.97 Å². The van der Waals surface area contributed by atoms with Crippen LogP contribution in [0.25, 0.3) is 10.9 Å². The SMILES string of the molecule is Cc1cc(I)ccc1NC(=O)COC(=O)c1c2c(nc3ccccc13)CCCCC2. The maximum atomic E-state index is 13.1. The van der Waals surface area contributed by atoms with Crippen LogP contribution in [0, 0.1) is 10.5 Å². The number of nitrogens with one attached hydrogen (secondary N) is 1. The highest BCUT2D eigenvalue weighted by Crippen LogP contribution is 2.29. The first-order chi connectivity index (χ1) is 14.5. The lowest BCUT2D eigenvalue weighted by Gasteiger charge is -2.15. The van der Waals surface area contributed by atoms with Gasteiger partial charge < -0.3 is 10.1 Å². The average Bonchev–Trinajstić information content (AvgIpc) is 2.97. The second kappa shape index (κ2) is 9.12. The summed E-state index contributed by atoms with van der Waals surface area (Å²) in [5.41, 5.74) is 5.01. The van der Waals surface area contributed by atoms with Crippen molar-refractivity contribution in [3.8, 4) is 0 Å². The third kappa shape index (κ3) is 4.48. The lowest BCUT2D eigenvalue weighted by atomic mass is 9.97. The molecular formula is C24H23IN2O3. The van der Waals surface area contributed by atoms with Crippen molar-refractivity contribution in [1.82, 2.24) is 4.98 Å². The molecule has 0 saturated carbocycles. The molecular weight excluding hydrogens is 491 g/mol. The van der Waals surface area contributed by atoms with Crippen LogP contribution < -0.4 is 5.32 Å². The van der Waals surface area contributed by atoms with Gasteiger partial charge in [-0.15, -0.1) is 0 Å². The number of esters is 1. The van der Waals surface area contributed by atoms with Gasteiger partial charge in [0.1, 0.15) is 0 Å². The number of benzene rings is 2. The van der Waals surface area contributed by atoms with Crippen LogP contribution >= 0.6 is 22.6 Å². The molecule has 1 heterocycles. The number of carbonyl (C=O) groups is 2. The van der Waals surface area contributed by atoms with Gasteiger partial charge in [0, 0.05) is 20.3 Å². The Balaban J connectivity index is 1.56. The van der Waals surface area contributed by atoms with E-state index in [0.29, 0.717) is 5.56 Å². The highest BCUT2D eigenvalue weighted by molar-refractivity contribution is 14.1. The maximum Gasteiger partial charge on any atom is 0.339 e. The van der Waals surface area contributed by atoms with E-state index in [1.165, 1.54) is 0 Å². The molecule has 0 bridgehead atoms. The van der Waals surface area contributed by atoms with Gasteiger partial charge in [-0.05, 0) is 90.6 Å². The Hall–Kier alpha value is -2.48. The second-order valence-electron chi connectivity index (χ2n) is 7.57. The number of nitrogens with zero attached hydrogens (tertiary/aromatic N) is 1. The predicted octanol–water partition coefficient (Wildman–Crippen LogP) is 5.21. The fourth-order valence-corrected chi connectivity index (χ4v) is 4.59. The molecule has 154 valence electrons. The Kier molecular flexibility index (Phi) is 6.32. The van der Waals surface area contributed by atoms with Crippen molar-refractivity contribution in [2.24, 2.45) is 0 Å². The van der Waals surface area contributed by atoms with Crippen LogP contribution in [0.1, 0.15) is 46.4 Å². The minimum atomic E-state index is -0.457. The van der Waals surface area contributed by atoms with E-state index in [9.17, 15) is 9.59 Å². The molecule has 0 fully saturated rings. The van der Waals surface area contributed by atoms with Crippen LogP contribution in [0.2, 0.25) is 0 Å². The summed E-state index contributed by atoms with van der Waals surface area (Å²) >= 11 is 2.23. The van der Waals surface area contributed by atoms with Crippen molar-refractivity contribution in [2.75, 3.05) is 11.9 Å². The first kappa shape index (κ1) is 20.8. The molecule has 0 spiro atoms. The zero-order valence-corrected chi connectivity index (χ0v) is 19.0. The van der Waals surface area contributed by atoms with E-state index >= 15 is 0 Å². The van der Waals surface area contributed by atoms with Crippen LogP contribution in [0.15, 0.2) is 42.5 Å². The number of ether oxygens (including phenoxy) is 1. The van der Waals surface area contributed by atoms with Gasteiger partial charge in [-0.25, -0.2) is 4.79 Å². The molecule has 0 radical (unpaired) electrons. The van der Waals surface area contributed by atoms with Gasteiger partial charge in [-0.2, -0.15) is 0 Å². The van der Waals surface area contributed by atoms with E-state index in [-0.39, 0.29) is 12.5 Å². The highest BCUT2D eigenvalue weighted by Gasteiger charge is 2.23. The van der Waals surface area contributed by atoms with Crippen molar-refractivity contribution in [2.45, 2.75) is 39.0 Å². The zero-order chi connectivity index (χ0) is 21.1. The minimum Gasteiger partial charge on any atom is -0.452 e. The molecule has 5 nitrogen and oxygen atoms in total. The fourth-order valence-electron chi connectivity index (χ4n) is 3.94. The third-order valence-corrected chi connectivity index (χ3v) is 6.09. The number of aromatic nitrogens is 1. The molecule has 1 N–H and O–H groups in total. The van der Waals surface area contributed by atoms with E-state index in [4.69, 9.17) is 9.72 Å². The number of anilines is 1. The monoisotopic (exact) mass is 514 g/mol. The summed E-state index contributed by atoms with van der Waals surface area (Å²) in [6, 6.07) is 13.4. The van der Waals surface area contributed by atoms with Crippen LogP contribution in [0.5, 0.6) is 0 Å². The Bertz CT molecular complexity index is 1130. The first-order valence-electron chi connectivity index (χ1n) is 10.2. The molecule has 1 aliphatic carbocycles. The summed E-state index contributed by atoms with van der Waals surface area (Å²) in [5, 5.41) is 3.61. The number of carbonyl (C=O) groups excluding carboxylic acids is 2. The second-order valence-corrected chi connectivity index (χ2v) is 8.82. The molecule has 2 aromatic carbocycles. The largest absolute Gasteiger partial charge is 0.452 e. The zero-order valence-electron chi connectivity index (χ0n) is 16.8. The van der Waals surface area contributed by atoms with Crippen LogP contribution in [0.3, 0.4) is 0 Å². The number of hydrogen-bond acceptors (Lipinski definition) is 4. The number of amides is 1. The Morgan fingerprint density at radius 2 is 1.90 bits per heavy atom. The molecule has 3 aromatic rings. The standard InChI is InChI=1S/C24H23IN2O3/c1-15-13-16(25)11-12-19(15)27-22(28)14-30-24(29)23-17-7-3-2-4-9-20(17)26-21-10-6-5-8-18(21)23/h5-6,8,10-13H,2-4,7,9,14H2,1H3,(H,27,28). The summed E-state index contributed by atoms with van der Waals surface area (Å²) in [6.07, 6.45) is 4.90. The quantitative estimate of drug-likeness (QED) is 0.295. The van der Waals surface area contributed by atoms with Crippen LogP contribution in [-0.4, -0.2) is 23.5 Å². The molecule has 1 amide bonds. The first-order valence-corrected chi connectivity index (χ1v) is 11.2. The van der Waals surface area contributed by atoms with Gasteiger partial charge in [0.25, 0.3) is 5.91 Å². The summed E-state index contributed by atoms with van der Waals surface area (Å²) < 4.78 is 6.56. The van der Waals surface area contributed by atoms with Crippen LogP contribution in [-0.2, 0) is 22.4 Å². The van der Waals surface area contributed by atoms with Crippen molar-refractivity contribution in [3.05, 3.63) is 68.4 Å². The Labute approximate surface area is 189 Å². The molecule has 1 aromatic heterocycles. The average molecular weight is 514 g/mol. The molecule has 4 rings (SSSR count). The number of pyridine rings is 1. The topological polar surface area (TPSA) is 68.3 Å². The van der Waals surface area contributed by atoms with Gasteiger partial charge in [-0.1, -0.05) is 24.6 Å². The third-order valence-electron chi connectivity index (χ3n) is 5.42. The minimum absolute atomic E-state index is 0.324. The smallest absolute Gasteiger partial charge is 0.339 e. The molecule has 0 aliphatic heterocycles. The van der Waals surface area contributed by atoms with Gasteiger partial charge in [0.2, 0.25) is 0 Å². The lowest BCUT2D eigenvalue weighted by molar-refractivity contribution is -0.119.